The molecular formula is C18H23NO7. The van der Waals surface area contributed by atoms with Crippen LogP contribution in [-0.4, -0.2) is 34.8 Å². The minimum Gasteiger partial charge on any atom is -0.487 e. The van der Waals surface area contributed by atoms with E-state index in [0.29, 0.717) is 0 Å². The highest BCUT2D eigenvalue weighted by molar-refractivity contribution is 5.88. The van der Waals surface area contributed by atoms with E-state index in [2.05, 4.69) is 16.6 Å². The Labute approximate surface area is 152 Å². The fourth-order valence-corrected chi connectivity index (χ4v) is 2.01. The fourth-order valence-electron chi connectivity index (χ4n) is 2.01. The third-order valence-electron chi connectivity index (χ3n) is 2.90. The van der Waals surface area contributed by atoms with Crippen LogP contribution in [0.25, 0.3) is 0 Å². The number of nitro benzene ring substituents is 1. The first-order chi connectivity index (χ1) is 12.1. The van der Waals surface area contributed by atoms with E-state index in [0.717, 1.165) is 0 Å². The van der Waals surface area contributed by atoms with Crippen LogP contribution in [0.15, 0.2) is 12.1 Å². The Bertz CT molecular complexity index is 716. The largest absolute Gasteiger partial charge is 0.487 e. The van der Waals surface area contributed by atoms with E-state index in [1.807, 2.05) is 0 Å². The third-order valence-corrected chi connectivity index (χ3v) is 2.90. The zero-order chi connectivity index (χ0) is 19.9. The summed E-state index contributed by atoms with van der Waals surface area (Å²) in [5.74, 6) is 3.95. The average Bonchev–Trinajstić information content (AvgIpc) is 2.52. The molecule has 0 aliphatic carbocycles. The van der Waals surface area contributed by atoms with E-state index in [1.54, 1.807) is 34.6 Å². The molecule has 1 unspecified atom stereocenters. The second kappa shape index (κ2) is 9.63. The van der Waals surface area contributed by atoms with Gasteiger partial charge in [-0.2, -0.15) is 0 Å². The van der Waals surface area contributed by atoms with Crippen molar-refractivity contribution >= 4 is 11.7 Å². The van der Waals surface area contributed by atoms with Crippen molar-refractivity contribution in [3.8, 4) is 23.3 Å². The van der Waals surface area contributed by atoms with Crippen molar-refractivity contribution in [1.82, 2.24) is 0 Å². The summed E-state index contributed by atoms with van der Waals surface area (Å²) in [5.41, 5.74) is -0.485. The summed E-state index contributed by atoms with van der Waals surface area (Å²) in [6.07, 6.45) is -2.02. The summed E-state index contributed by atoms with van der Waals surface area (Å²) in [4.78, 5) is 22.0. The van der Waals surface area contributed by atoms with Crippen molar-refractivity contribution < 1.29 is 29.0 Å². The number of hydrogen-bond acceptors (Lipinski definition) is 7. The summed E-state index contributed by atoms with van der Waals surface area (Å²) >= 11 is 0. The minimum absolute atomic E-state index is 0.0986. The van der Waals surface area contributed by atoms with Gasteiger partial charge in [0.15, 0.2) is 11.5 Å². The van der Waals surface area contributed by atoms with E-state index in [4.69, 9.17) is 9.47 Å². The molecule has 0 aliphatic rings. The minimum atomic E-state index is -1.57. The molecule has 0 saturated carbocycles. The number of carbonyl (C=O) groups excluding carboxylic acids is 1. The number of nitro groups is 1. The molecule has 142 valence electrons. The monoisotopic (exact) mass is 365 g/mol. The maximum atomic E-state index is 11.4. The molecule has 0 fully saturated rings. The maximum absolute atomic E-state index is 11.4. The highest BCUT2D eigenvalue weighted by Crippen LogP contribution is 2.38. The Hall–Kier alpha value is -2.79. The Balaban J connectivity index is 3.39. The molecule has 1 aromatic rings. The predicted molar refractivity (Wildman–Crippen MR) is 94.0 cm³/mol. The van der Waals surface area contributed by atoms with Crippen LogP contribution in [0.1, 0.15) is 46.3 Å². The number of hydrogen-bond donors (Lipinski definition) is 1. The van der Waals surface area contributed by atoms with E-state index < -0.39 is 17.0 Å². The smallest absolute Gasteiger partial charge is 0.384 e. The van der Waals surface area contributed by atoms with Crippen LogP contribution in [0.2, 0.25) is 0 Å². The van der Waals surface area contributed by atoms with Crippen LogP contribution in [0.5, 0.6) is 11.5 Å². The van der Waals surface area contributed by atoms with Gasteiger partial charge in [-0.15, -0.1) is 0 Å². The van der Waals surface area contributed by atoms with E-state index in [9.17, 15) is 20.0 Å². The van der Waals surface area contributed by atoms with Crippen LogP contribution in [-0.2, 0) is 9.53 Å². The second-order valence-electron chi connectivity index (χ2n) is 5.84. The zero-order valence-electron chi connectivity index (χ0n) is 15.4. The number of nitrogens with zero attached hydrogens (tertiary/aromatic N) is 1. The fraction of sp³-hybridized carbons (Fsp3) is 0.500. The quantitative estimate of drug-likeness (QED) is 0.260. The van der Waals surface area contributed by atoms with Crippen LogP contribution in [0.3, 0.4) is 0 Å². The summed E-state index contributed by atoms with van der Waals surface area (Å²) in [6.45, 7) is 8.88. The standard InChI is InChI=1S/C18H23NO7/c1-6-24-18(21)8-7-15(20)13-9-16(25-11(2)3)17(26-12(4)5)10-14(13)19(22)23/h9-12,15,20H,6H2,1-5H3. The van der Waals surface area contributed by atoms with Gasteiger partial charge in [-0.25, -0.2) is 4.79 Å². The molecule has 0 aromatic heterocycles. The molecule has 1 atom stereocenters. The number of carbonyl (C=O) groups is 1. The first-order valence-electron chi connectivity index (χ1n) is 8.17. The molecule has 1 rings (SSSR count). The lowest BCUT2D eigenvalue weighted by molar-refractivity contribution is -0.386. The van der Waals surface area contributed by atoms with Crippen LogP contribution >= 0.6 is 0 Å². The molecular weight excluding hydrogens is 342 g/mol. The van der Waals surface area contributed by atoms with Gasteiger partial charge in [0.05, 0.1) is 35.4 Å². The van der Waals surface area contributed by atoms with Gasteiger partial charge in [0.25, 0.3) is 5.69 Å². The summed E-state index contributed by atoms with van der Waals surface area (Å²) in [5, 5.41) is 21.6. The number of esters is 1. The molecule has 1 N–H and O–H groups in total. The molecule has 0 bridgehead atoms. The third kappa shape index (κ3) is 6.26. The van der Waals surface area contributed by atoms with Gasteiger partial charge in [0, 0.05) is 5.92 Å². The lowest BCUT2D eigenvalue weighted by Gasteiger charge is -2.18. The van der Waals surface area contributed by atoms with Crippen molar-refractivity contribution in [2.24, 2.45) is 0 Å². The topological polar surface area (TPSA) is 108 Å². The number of rotatable bonds is 7. The number of benzene rings is 1. The first-order valence-corrected chi connectivity index (χ1v) is 8.17. The van der Waals surface area contributed by atoms with E-state index in [-0.39, 0.29) is 41.6 Å². The Morgan fingerprint density at radius 3 is 2.19 bits per heavy atom. The lowest BCUT2D eigenvalue weighted by Crippen LogP contribution is -2.12. The van der Waals surface area contributed by atoms with Crippen molar-refractivity contribution in [2.45, 2.75) is 52.9 Å². The highest BCUT2D eigenvalue weighted by atomic mass is 16.6. The summed E-state index contributed by atoms with van der Waals surface area (Å²) in [7, 11) is 0. The molecule has 0 amide bonds. The molecule has 0 aliphatic heterocycles. The molecule has 0 radical (unpaired) electrons. The molecule has 8 heteroatoms. The Kier molecular flexibility index (Phi) is 7.87. The average molecular weight is 365 g/mol. The van der Waals surface area contributed by atoms with Gasteiger partial charge >= 0.3 is 5.97 Å². The van der Waals surface area contributed by atoms with E-state index in [1.165, 1.54) is 12.1 Å². The predicted octanol–water partition coefficient (Wildman–Crippen LogP) is 2.77. The van der Waals surface area contributed by atoms with Gasteiger partial charge in [0.1, 0.15) is 6.10 Å². The maximum Gasteiger partial charge on any atom is 0.384 e. The van der Waals surface area contributed by atoms with Gasteiger partial charge in [0.2, 0.25) is 0 Å². The first kappa shape index (κ1) is 21.3. The zero-order valence-corrected chi connectivity index (χ0v) is 15.4. The van der Waals surface area contributed by atoms with Gasteiger partial charge in [-0.3, -0.25) is 10.1 Å². The number of aliphatic hydroxyl groups excluding tert-OH is 1. The van der Waals surface area contributed by atoms with Crippen molar-refractivity contribution in [2.75, 3.05) is 6.61 Å². The van der Waals surface area contributed by atoms with Crippen molar-refractivity contribution in [1.29, 1.82) is 0 Å². The van der Waals surface area contributed by atoms with E-state index >= 15 is 0 Å². The second-order valence-corrected chi connectivity index (χ2v) is 5.84. The molecule has 8 nitrogen and oxygen atoms in total. The number of ether oxygens (including phenoxy) is 3. The summed E-state index contributed by atoms with van der Waals surface area (Å²) < 4.78 is 15.9. The van der Waals surface area contributed by atoms with Gasteiger partial charge in [-0.05, 0) is 40.7 Å². The summed E-state index contributed by atoms with van der Waals surface area (Å²) in [6, 6.07) is 2.49. The number of aliphatic hydroxyl groups is 1. The molecule has 0 saturated heterocycles. The van der Waals surface area contributed by atoms with Gasteiger partial charge in [-0.1, -0.05) is 5.92 Å². The molecule has 0 heterocycles. The molecule has 26 heavy (non-hydrogen) atoms. The van der Waals surface area contributed by atoms with Crippen LogP contribution < -0.4 is 9.47 Å². The van der Waals surface area contributed by atoms with Crippen LogP contribution in [0, 0.1) is 22.0 Å². The normalized spacial score (nSPS) is 11.5. The molecule has 1 aromatic carbocycles. The van der Waals surface area contributed by atoms with Gasteiger partial charge < -0.3 is 19.3 Å². The Morgan fingerprint density at radius 2 is 1.73 bits per heavy atom. The highest BCUT2D eigenvalue weighted by Gasteiger charge is 2.25. The van der Waals surface area contributed by atoms with Crippen molar-refractivity contribution in [3.05, 3.63) is 27.8 Å². The SMILES string of the molecule is CCOC(=O)C#CC(O)c1cc(OC(C)C)c(OC(C)C)cc1[N+](=O)[O-]. The molecule has 0 spiro atoms. The Morgan fingerprint density at radius 1 is 1.19 bits per heavy atom. The lowest BCUT2D eigenvalue weighted by atomic mass is 10.1. The van der Waals surface area contributed by atoms with Crippen molar-refractivity contribution in [3.63, 3.8) is 0 Å². The van der Waals surface area contributed by atoms with Crippen LogP contribution in [0.4, 0.5) is 5.69 Å².